The molecular formula is C14H21N3O. The Kier molecular flexibility index (Phi) is 3.87. The molecule has 1 saturated heterocycles. The van der Waals surface area contributed by atoms with E-state index in [1.807, 2.05) is 0 Å². The first kappa shape index (κ1) is 12.9. The van der Waals surface area contributed by atoms with E-state index in [1.54, 1.807) is 0 Å². The van der Waals surface area contributed by atoms with Crippen molar-refractivity contribution in [2.24, 2.45) is 11.7 Å². The number of nitrogens with one attached hydrogen (secondary N) is 1. The van der Waals surface area contributed by atoms with Gasteiger partial charge in [0.05, 0.1) is 0 Å². The van der Waals surface area contributed by atoms with Gasteiger partial charge >= 0.3 is 0 Å². The lowest BCUT2D eigenvalue weighted by molar-refractivity contribution is -0.121. The highest BCUT2D eigenvalue weighted by atomic mass is 16.2. The van der Waals surface area contributed by atoms with Gasteiger partial charge in [0, 0.05) is 25.3 Å². The molecule has 0 bridgehead atoms. The second-order valence-electron chi connectivity index (χ2n) is 5.09. The highest BCUT2D eigenvalue weighted by molar-refractivity contribution is 5.86. The number of nitrogens with two attached hydrogens (primary N) is 1. The van der Waals surface area contributed by atoms with Gasteiger partial charge in [-0.3, -0.25) is 4.79 Å². The predicted molar refractivity (Wildman–Crippen MR) is 73.5 cm³/mol. The number of carbonyl (C=O) groups excluding carboxylic acids is 1. The molecule has 3 N–H and O–H groups in total. The fraction of sp³-hybridized carbons (Fsp3) is 0.500. The fourth-order valence-electron chi connectivity index (χ4n) is 2.32. The Balaban J connectivity index is 2.30. The fourth-order valence-corrected chi connectivity index (χ4v) is 2.32. The van der Waals surface area contributed by atoms with Crippen LogP contribution in [0.2, 0.25) is 0 Å². The van der Waals surface area contributed by atoms with Crippen molar-refractivity contribution < 1.29 is 4.79 Å². The Labute approximate surface area is 108 Å². The van der Waals surface area contributed by atoms with E-state index in [9.17, 15) is 4.79 Å². The molecule has 1 aromatic rings. The summed E-state index contributed by atoms with van der Waals surface area (Å²) in [7, 11) is 0. The zero-order valence-electron chi connectivity index (χ0n) is 11.0. The highest BCUT2D eigenvalue weighted by Gasteiger charge is 2.29. The first-order valence-electron chi connectivity index (χ1n) is 6.43. The second kappa shape index (κ2) is 5.40. The number of amides is 1. The van der Waals surface area contributed by atoms with E-state index in [0.29, 0.717) is 12.5 Å². The number of aryl methyl sites for hydroxylation is 1. The van der Waals surface area contributed by atoms with Crippen LogP contribution in [0.15, 0.2) is 24.3 Å². The van der Waals surface area contributed by atoms with Crippen molar-refractivity contribution in [1.29, 1.82) is 0 Å². The third-order valence-electron chi connectivity index (χ3n) is 3.40. The minimum Gasteiger partial charge on any atom is -0.358 e. The minimum absolute atomic E-state index is 0.0300. The Morgan fingerprint density at radius 1 is 1.39 bits per heavy atom. The summed E-state index contributed by atoms with van der Waals surface area (Å²) < 4.78 is 0. The molecule has 1 fully saturated rings. The number of anilines is 1. The molecule has 0 saturated carbocycles. The number of rotatable bonds is 2. The molecule has 0 radical (unpaired) electrons. The maximum absolute atomic E-state index is 12.0. The number of carbonyl (C=O) groups is 1. The average molecular weight is 247 g/mol. The third kappa shape index (κ3) is 2.64. The van der Waals surface area contributed by atoms with Crippen LogP contribution in [0.25, 0.3) is 0 Å². The van der Waals surface area contributed by atoms with Gasteiger partial charge < -0.3 is 16.0 Å². The van der Waals surface area contributed by atoms with Gasteiger partial charge in [0.15, 0.2) is 0 Å². The molecule has 4 nitrogen and oxygen atoms in total. The summed E-state index contributed by atoms with van der Waals surface area (Å²) in [6.45, 7) is 6.11. The Hall–Kier alpha value is -1.55. The lowest BCUT2D eigenvalue weighted by Gasteiger charge is -2.30. The molecule has 2 atom stereocenters. The van der Waals surface area contributed by atoms with Gasteiger partial charge in [0.1, 0.15) is 6.04 Å². The first-order chi connectivity index (χ1) is 8.61. The highest BCUT2D eigenvalue weighted by Crippen LogP contribution is 2.21. The minimum atomic E-state index is -0.266. The molecule has 18 heavy (non-hydrogen) atoms. The van der Waals surface area contributed by atoms with Crippen molar-refractivity contribution >= 4 is 11.6 Å². The molecular weight excluding hydrogens is 226 g/mol. The van der Waals surface area contributed by atoms with Gasteiger partial charge in [-0.05, 0) is 25.0 Å². The van der Waals surface area contributed by atoms with Crippen LogP contribution in [0, 0.1) is 12.8 Å². The zero-order valence-corrected chi connectivity index (χ0v) is 11.0. The molecule has 2 unspecified atom stereocenters. The molecule has 1 aromatic carbocycles. The number of nitrogens with zero attached hydrogens (tertiary/aromatic N) is 1. The molecule has 98 valence electrons. The molecule has 1 heterocycles. The summed E-state index contributed by atoms with van der Waals surface area (Å²) in [6, 6.07) is 7.98. The van der Waals surface area contributed by atoms with E-state index >= 15 is 0 Å². The van der Waals surface area contributed by atoms with Gasteiger partial charge in [0.25, 0.3) is 0 Å². The normalized spacial score (nSPS) is 24.6. The van der Waals surface area contributed by atoms with Crippen LogP contribution in [0.5, 0.6) is 0 Å². The van der Waals surface area contributed by atoms with E-state index in [1.165, 1.54) is 5.56 Å². The van der Waals surface area contributed by atoms with Crippen molar-refractivity contribution in [3.05, 3.63) is 29.8 Å². The van der Waals surface area contributed by atoms with Crippen LogP contribution < -0.4 is 16.0 Å². The summed E-state index contributed by atoms with van der Waals surface area (Å²) in [5.41, 5.74) is 8.05. The largest absolute Gasteiger partial charge is 0.358 e. The summed E-state index contributed by atoms with van der Waals surface area (Å²) in [5, 5.41) is 2.95. The maximum Gasteiger partial charge on any atom is 0.244 e. The topological polar surface area (TPSA) is 58.4 Å². The SMILES string of the molecule is Cc1ccc(N2CC(C)CNC(=O)C2CN)cc1. The molecule has 0 spiro atoms. The van der Waals surface area contributed by atoms with E-state index in [0.717, 1.165) is 18.8 Å². The number of hydrogen-bond acceptors (Lipinski definition) is 3. The van der Waals surface area contributed by atoms with E-state index < -0.39 is 0 Å². The number of benzene rings is 1. The molecule has 2 rings (SSSR count). The van der Waals surface area contributed by atoms with Crippen LogP contribution >= 0.6 is 0 Å². The van der Waals surface area contributed by atoms with Gasteiger partial charge in [-0.25, -0.2) is 0 Å². The Morgan fingerprint density at radius 2 is 2.06 bits per heavy atom. The van der Waals surface area contributed by atoms with E-state index in [4.69, 9.17) is 5.73 Å². The second-order valence-corrected chi connectivity index (χ2v) is 5.09. The summed E-state index contributed by atoms with van der Waals surface area (Å²) in [5.74, 6) is 0.453. The molecule has 1 amide bonds. The van der Waals surface area contributed by atoms with Gasteiger partial charge in [-0.1, -0.05) is 24.6 Å². The van der Waals surface area contributed by atoms with Crippen LogP contribution in [-0.4, -0.2) is 31.6 Å². The average Bonchev–Trinajstić information content (AvgIpc) is 2.50. The molecule has 1 aliphatic rings. The van der Waals surface area contributed by atoms with Crippen LogP contribution in [-0.2, 0) is 4.79 Å². The molecule has 0 aromatic heterocycles. The molecule has 1 aliphatic heterocycles. The van der Waals surface area contributed by atoms with Gasteiger partial charge in [-0.2, -0.15) is 0 Å². The predicted octanol–water partition coefficient (Wildman–Crippen LogP) is 0.895. The summed E-state index contributed by atoms with van der Waals surface area (Å²) in [4.78, 5) is 14.1. The lowest BCUT2D eigenvalue weighted by Crippen LogP contribution is -2.49. The van der Waals surface area contributed by atoms with Crippen molar-refractivity contribution in [3.63, 3.8) is 0 Å². The van der Waals surface area contributed by atoms with Crippen molar-refractivity contribution in [2.45, 2.75) is 19.9 Å². The maximum atomic E-state index is 12.0. The van der Waals surface area contributed by atoms with Gasteiger partial charge in [-0.15, -0.1) is 0 Å². The van der Waals surface area contributed by atoms with Crippen LogP contribution in [0.1, 0.15) is 12.5 Å². The van der Waals surface area contributed by atoms with Crippen LogP contribution in [0.3, 0.4) is 0 Å². The lowest BCUT2D eigenvalue weighted by atomic mass is 10.1. The zero-order chi connectivity index (χ0) is 13.1. The van der Waals surface area contributed by atoms with Gasteiger partial charge in [0.2, 0.25) is 5.91 Å². The van der Waals surface area contributed by atoms with E-state index in [-0.39, 0.29) is 11.9 Å². The number of hydrogen-bond donors (Lipinski definition) is 2. The van der Waals surface area contributed by atoms with Crippen molar-refractivity contribution in [3.8, 4) is 0 Å². The van der Waals surface area contributed by atoms with E-state index in [2.05, 4.69) is 48.3 Å². The van der Waals surface area contributed by atoms with Crippen molar-refractivity contribution in [2.75, 3.05) is 24.5 Å². The first-order valence-corrected chi connectivity index (χ1v) is 6.43. The Morgan fingerprint density at radius 3 is 2.67 bits per heavy atom. The third-order valence-corrected chi connectivity index (χ3v) is 3.40. The monoisotopic (exact) mass is 247 g/mol. The standard InChI is InChI=1S/C14H21N3O/c1-10-3-5-12(6-4-10)17-9-11(2)8-16-14(18)13(17)7-15/h3-6,11,13H,7-9,15H2,1-2H3,(H,16,18). The molecule has 4 heteroatoms. The Bertz CT molecular complexity index is 416. The smallest absolute Gasteiger partial charge is 0.244 e. The quantitative estimate of drug-likeness (QED) is 0.816. The van der Waals surface area contributed by atoms with Crippen molar-refractivity contribution in [1.82, 2.24) is 5.32 Å². The molecule has 0 aliphatic carbocycles. The van der Waals surface area contributed by atoms with Crippen LogP contribution in [0.4, 0.5) is 5.69 Å². The summed E-state index contributed by atoms with van der Waals surface area (Å²) >= 11 is 0. The summed E-state index contributed by atoms with van der Waals surface area (Å²) in [6.07, 6.45) is 0.